The zero-order chi connectivity index (χ0) is 18.1. The van der Waals surface area contributed by atoms with Crippen LogP contribution in [0.1, 0.15) is 45.7 Å². The quantitative estimate of drug-likeness (QED) is 0.802. The van der Waals surface area contributed by atoms with Crippen LogP contribution in [0.15, 0.2) is 29.8 Å². The fourth-order valence-electron chi connectivity index (χ4n) is 3.36. The van der Waals surface area contributed by atoms with Crippen molar-refractivity contribution in [2.45, 2.75) is 65.6 Å². The lowest BCUT2D eigenvalue weighted by molar-refractivity contribution is 0.157. The van der Waals surface area contributed by atoms with E-state index in [0.717, 1.165) is 22.4 Å². The topological polar surface area (TPSA) is 47.6 Å². The second-order valence-corrected chi connectivity index (χ2v) is 7.99. The molecule has 0 radical (unpaired) electrons. The molecule has 1 aromatic rings. The molecule has 1 aromatic carbocycles. The van der Waals surface area contributed by atoms with Gasteiger partial charge in [-0.1, -0.05) is 24.3 Å². The van der Waals surface area contributed by atoms with E-state index in [0.29, 0.717) is 13.2 Å². The molecular weight excluding hydrogens is 300 g/mol. The predicted octanol–water partition coefficient (Wildman–Crippen LogP) is 3.96. The van der Waals surface area contributed by atoms with Crippen molar-refractivity contribution < 1.29 is 4.74 Å². The Morgan fingerprint density at radius 2 is 1.75 bits per heavy atom. The third-order valence-electron chi connectivity index (χ3n) is 4.87. The molecule has 4 nitrogen and oxygen atoms in total. The number of hydrogen-bond donors (Lipinski definition) is 1. The number of ether oxygens (including phenoxy) is 1. The highest BCUT2D eigenvalue weighted by molar-refractivity contribution is 5.39. The average molecular weight is 331 g/mol. The number of rotatable bonds is 6. The van der Waals surface area contributed by atoms with Crippen LogP contribution >= 0.6 is 0 Å². The van der Waals surface area contributed by atoms with Crippen molar-refractivity contribution in [2.24, 2.45) is 0 Å². The van der Waals surface area contributed by atoms with E-state index in [4.69, 9.17) is 4.74 Å². The van der Waals surface area contributed by atoms with Crippen molar-refractivity contribution in [1.29, 1.82) is 0 Å². The Bertz CT molecular complexity index is 600. The summed E-state index contributed by atoms with van der Waals surface area (Å²) in [5, 5.41) is 17.1. The monoisotopic (exact) mass is 331 g/mol. The van der Waals surface area contributed by atoms with E-state index in [1.165, 1.54) is 5.06 Å². The Balaban J connectivity index is 1.91. The lowest BCUT2D eigenvalue weighted by Crippen LogP contribution is -2.47. The summed E-state index contributed by atoms with van der Waals surface area (Å²) in [5.41, 5.74) is 2.54. The molecule has 0 fully saturated rings. The van der Waals surface area contributed by atoms with Gasteiger partial charge in [-0.2, -0.15) is 0 Å². The number of aryl methyl sites for hydroxylation is 2. The molecule has 0 saturated carbocycles. The van der Waals surface area contributed by atoms with Gasteiger partial charge >= 0.3 is 0 Å². The van der Waals surface area contributed by atoms with Gasteiger partial charge in [0.05, 0.1) is 0 Å². The Hall–Kier alpha value is -1.36. The molecule has 0 amide bonds. The highest BCUT2D eigenvalue weighted by atomic mass is 16.5. The summed E-state index contributed by atoms with van der Waals surface area (Å²) in [7, 11) is 0. The molecule has 1 aliphatic heterocycles. The maximum atomic E-state index is 12.4. The molecule has 0 bridgehead atoms. The Morgan fingerprint density at radius 3 is 2.25 bits per heavy atom. The number of nitrogens with zero attached hydrogens (tertiary/aromatic N) is 1. The predicted molar refractivity (Wildman–Crippen MR) is 100 cm³/mol. The van der Waals surface area contributed by atoms with Crippen LogP contribution in [0.5, 0.6) is 5.75 Å². The molecule has 1 N–H and O–H groups in total. The minimum atomic E-state index is -0.469. The molecule has 1 heterocycles. The van der Waals surface area contributed by atoms with E-state index in [9.17, 15) is 5.21 Å². The molecule has 1 unspecified atom stereocenters. The number of hydrogen-bond acceptors (Lipinski definition) is 4. The summed E-state index contributed by atoms with van der Waals surface area (Å²) in [6.07, 6.45) is 2.09. The highest BCUT2D eigenvalue weighted by Gasteiger charge is 2.39. The number of benzene rings is 1. The third-order valence-corrected chi connectivity index (χ3v) is 4.87. The zero-order valence-corrected chi connectivity index (χ0v) is 16.1. The average Bonchev–Trinajstić information content (AvgIpc) is 2.64. The van der Waals surface area contributed by atoms with E-state index < -0.39 is 11.1 Å². The molecule has 0 spiro atoms. The molecule has 1 aliphatic rings. The van der Waals surface area contributed by atoms with Gasteiger partial charge in [0.1, 0.15) is 12.4 Å². The Morgan fingerprint density at radius 1 is 1.17 bits per heavy atom. The maximum Gasteiger partial charge on any atom is 0.125 e. The van der Waals surface area contributed by atoms with Gasteiger partial charge < -0.3 is 20.3 Å². The third kappa shape index (κ3) is 3.82. The molecule has 0 aliphatic carbocycles. The van der Waals surface area contributed by atoms with Crippen molar-refractivity contribution in [3.63, 3.8) is 0 Å². The summed E-state index contributed by atoms with van der Waals surface area (Å²) in [6.45, 7) is 15.4. The summed E-state index contributed by atoms with van der Waals surface area (Å²) < 4.78 is 6.00. The van der Waals surface area contributed by atoms with Crippen LogP contribution in [0, 0.1) is 19.1 Å². The molecule has 0 aromatic heterocycles. The molecule has 0 saturated heterocycles. The van der Waals surface area contributed by atoms with Crippen molar-refractivity contribution in [2.75, 3.05) is 13.2 Å². The van der Waals surface area contributed by atoms with Gasteiger partial charge in [0.25, 0.3) is 0 Å². The summed E-state index contributed by atoms with van der Waals surface area (Å²) >= 11 is 0. The van der Waals surface area contributed by atoms with Crippen LogP contribution < -0.4 is 10.1 Å². The van der Waals surface area contributed by atoms with Crippen molar-refractivity contribution >= 4 is 0 Å². The van der Waals surface area contributed by atoms with Crippen LogP contribution in [0.4, 0.5) is 0 Å². The number of hydroxylamine groups is 2. The zero-order valence-electron chi connectivity index (χ0n) is 16.1. The first-order chi connectivity index (χ1) is 11.1. The molecule has 2 rings (SSSR count). The van der Waals surface area contributed by atoms with Crippen LogP contribution in [-0.2, 0) is 0 Å². The second kappa shape index (κ2) is 6.87. The SMILES string of the molecule is Cc1cccc(C)c1OCC(C)NCC1=CC(C)(C)N([O-])C1(C)C. The van der Waals surface area contributed by atoms with Crippen molar-refractivity contribution in [1.82, 2.24) is 10.4 Å². The molecule has 24 heavy (non-hydrogen) atoms. The van der Waals surface area contributed by atoms with Gasteiger partial charge in [-0.05, 0) is 65.2 Å². The van der Waals surface area contributed by atoms with Gasteiger partial charge in [0.2, 0.25) is 0 Å². The molecular formula is C20H31N2O2-. The summed E-state index contributed by atoms with van der Waals surface area (Å²) in [4.78, 5) is 0. The fraction of sp³-hybridized carbons (Fsp3) is 0.600. The van der Waals surface area contributed by atoms with Gasteiger partial charge in [-0.15, -0.1) is 0 Å². The van der Waals surface area contributed by atoms with Crippen molar-refractivity contribution in [3.05, 3.63) is 46.2 Å². The van der Waals surface area contributed by atoms with E-state index in [1.54, 1.807) is 0 Å². The first-order valence-corrected chi connectivity index (χ1v) is 8.68. The first kappa shape index (κ1) is 19.0. The van der Waals surface area contributed by atoms with E-state index in [2.05, 4.69) is 44.3 Å². The van der Waals surface area contributed by atoms with Gasteiger partial charge in [0.15, 0.2) is 0 Å². The first-order valence-electron chi connectivity index (χ1n) is 8.68. The largest absolute Gasteiger partial charge is 0.784 e. The standard InChI is InChI=1S/C20H31N2O2/c1-14-9-8-10-15(2)18(14)24-13-16(3)21-12-17-11-19(4,5)22(23)20(17,6)7/h8-11,16,21H,12-13H2,1-7H3/q-1. The van der Waals surface area contributed by atoms with E-state index >= 15 is 0 Å². The Kier molecular flexibility index (Phi) is 5.43. The molecule has 134 valence electrons. The smallest absolute Gasteiger partial charge is 0.125 e. The van der Waals surface area contributed by atoms with E-state index in [1.807, 2.05) is 33.8 Å². The van der Waals surface area contributed by atoms with Crippen LogP contribution in [0.25, 0.3) is 0 Å². The van der Waals surface area contributed by atoms with Crippen LogP contribution in [-0.4, -0.2) is 35.3 Å². The summed E-state index contributed by atoms with van der Waals surface area (Å²) in [6, 6.07) is 6.38. The minimum Gasteiger partial charge on any atom is -0.784 e. The lowest BCUT2D eigenvalue weighted by atomic mass is 9.96. The fourth-order valence-corrected chi connectivity index (χ4v) is 3.36. The van der Waals surface area contributed by atoms with E-state index in [-0.39, 0.29) is 6.04 Å². The van der Waals surface area contributed by atoms with Gasteiger partial charge in [-0.25, -0.2) is 0 Å². The second-order valence-electron chi connectivity index (χ2n) is 7.99. The number of nitrogens with one attached hydrogen (secondary N) is 1. The molecule has 4 heteroatoms. The summed E-state index contributed by atoms with van der Waals surface area (Å²) in [5.74, 6) is 0.971. The van der Waals surface area contributed by atoms with Gasteiger partial charge in [-0.3, -0.25) is 0 Å². The van der Waals surface area contributed by atoms with Crippen LogP contribution in [0.3, 0.4) is 0 Å². The molecule has 1 atom stereocenters. The van der Waals surface area contributed by atoms with Crippen molar-refractivity contribution in [3.8, 4) is 5.75 Å². The highest BCUT2D eigenvalue weighted by Crippen LogP contribution is 2.38. The van der Waals surface area contributed by atoms with Gasteiger partial charge in [0, 0.05) is 23.7 Å². The minimum absolute atomic E-state index is 0.199. The maximum absolute atomic E-state index is 12.4. The Labute approximate surface area is 146 Å². The van der Waals surface area contributed by atoms with Crippen LogP contribution in [0.2, 0.25) is 0 Å². The normalized spacial score (nSPS) is 20.8. The lowest BCUT2D eigenvalue weighted by Gasteiger charge is -2.47. The number of para-hydroxylation sites is 1.